The van der Waals surface area contributed by atoms with Crippen LogP contribution in [0.5, 0.6) is 0 Å². The first-order chi connectivity index (χ1) is 13.6. The van der Waals surface area contributed by atoms with E-state index in [4.69, 9.17) is 4.74 Å². The van der Waals surface area contributed by atoms with Crippen molar-refractivity contribution in [3.8, 4) is 16.9 Å². The average Bonchev–Trinajstić information content (AvgIpc) is 3.12. The number of amides is 1. The molecule has 0 bridgehead atoms. The van der Waals surface area contributed by atoms with Crippen molar-refractivity contribution in [2.45, 2.75) is 6.92 Å². The van der Waals surface area contributed by atoms with Crippen molar-refractivity contribution in [2.24, 2.45) is 0 Å². The lowest BCUT2D eigenvalue weighted by molar-refractivity contribution is -0.115. The predicted molar refractivity (Wildman–Crippen MR) is 107 cm³/mol. The molecule has 0 aliphatic heterocycles. The smallest absolute Gasteiger partial charge is 0.240 e. The van der Waals surface area contributed by atoms with Crippen LogP contribution < -0.4 is 10.6 Å². The number of nitrogens with one attached hydrogen (secondary N) is 2. The quantitative estimate of drug-likeness (QED) is 0.587. The summed E-state index contributed by atoms with van der Waals surface area (Å²) < 4.78 is 20.7. The van der Waals surface area contributed by atoms with Crippen molar-refractivity contribution < 1.29 is 13.9 Å². The van der Waals surface area contributed by atoms with E-state index in [-0.39, 0.29) is 18.3 Å². The van der Waals surface area contributed by atoms with Gasteiger partial charge in [0.05, 0.1) is 24.5 Å². The molecule has 28 heavy (non-hydrogen) atoms. The summed E-state index contributed by atoms with van der Waals surface area (Å²) in [5, 5.41) is 5.78. The van der Waals surface area contributed by atoms with Crippen LogP contribution in [0.1, 0.15) is 5.56 Å². The van der Waals surface area contributed by atoms with Gasteiger partial charge in [0, 0.05) is 25.4 Å². The molecule has 2 aromatic carbocycles. The van der Waals surface area contributed by atoms with E-state index in [9.17, 15) is 9.18 Å². The minimum absolute atomic E-state index is 0.124. The number of benzene rings is 2. The van der Waals surface area contributed by atoms with Crippen molar-refractivity contribution in [3.05, 3.63) is 66.1 Å². The highest BCUT2D eigenvalue weighted by molar-refractivity contribution is 5.91. The molecular formula is C21H23FN4O2. The molecule has 1 aromatic heterocycles. The molecule has 0 aliphatic carbocycles. The summed E-state index contributed by atoms with van der Waals surface area (Å²) in [4.78, 5) is 16.8. The molecule has 0 fully saturated rings. The Morgan fingerprint density at radius 1 is 1.21 bits per heavy atom. The zero-order valence-corrected chi connectivity index (χ0v) is 15.9. The predicted octanol–water partition coefficient (Wildman–Crippen LogP) is 3.16. The second-order valence-corrected chi connectivity index (χ2v) is 6.34. The van der Waals surface area contributed by atoms with E-state index in [1.54, 1.807) is 36.9 Å². The molecule has 0 spiro atoms. The number of imidazole rings is 1. The molecule has 0 aliphatic rings. The van der Waals surface area contributed by atoms with E-state index in [1.807, 2.05) is 30.3 Å². The molecule has 3 aromatic rings. The van der Waals surface area contributed by atoms with E-state index in [1.165, 1.54) is 6.07 Å². The van der Waals surface area contributed by atoms with Gasteiger partial charge in [-0.2, -0.15) is 0 Å². The van der Waals surface area contributed by atoms with Gasteiger partial charge in [-0.25, -0.2) is 9.37 Å². The van der Waals surface area contributed by atoms with Gasteiger partial charge >= 0.3 is 0 Å². The van der Waals surface area contributed by atoms with Gasteiger partial charge in [0.15, 0.2) is 0 Å². The molecule has 0 radical (unpaired) electrons. The second-order valence-electron chi connectivity index (χ2n) is 6.34. The molecule has 1 heterocycles. The van der Waals surface area contributed by atoms with Crippen LogP contribution in [0.4, 0.5) is 10.3 Å². The van der Waals surface area contributed by atoms with Crippen LogP contribution in [0.3, 0.4) is 0 Å². The van der Waals surface area contributed by atoms with Crippen molar-refractivity contribution in [3.63, 3.8) is 0 Å². The number of nitrogens with zero attached hydrogens (tertiary/aromatic N) is 2. The monoisotopic (exact) mass is 382 g/mol. The minimum atomic E-state index is -0.314. The Bertz CT molecular complexity index is 941. The van der Waals surface area contributed by atoms with Gasteiger partial charge in [0.2, 0.25) is 11.9 Å². The lowest BCUT2D eigenvalue weighted by Crippen LogP contribution is -2.31. The fraction of sp³-hybridized carbons (Fsp3) is 0.238. The van der Waals surface area contributed by atoms with Crippen molar-refractivity contribution >= 4 is 11.9 Å². The van der Waals surface area contributed by atoms with Crippen LogP contribution in [-0.2, 0) is 9.53 Å². The molecule has 6 nitrogen and oxygen atoms in total. The third kappa shape index (κ3) is 4.82. The molecule has 0 saturated heterocycles. The number of methoxy groups -OCH3 is 1. The van der Waals surface area contributed by atoms with E-state index in [0.29, 0.717) is 36.0 Å². The van der Waals surface area contributed by atoms with Crippen LogP contribution in [0.2, 0.25) is 0 Å². The lowest BCUT2D eigenvalue weighted by atomic mass is 10.2. The van der Waals surface area contributed by atoms with Crippen molar-refractivity contribution in [1.82, 2.24) is 14.9 Å². The number of halogens is 1. The van der Waals surface area contributed by atoms with Crippen molar-refractivity contribution in [2.75, 3.05) is 32.1 Å². The maximum absolute atomic E-state index is 14.1. The average molecular weight is 382 g/mol. The Morgan fingerprint density at radius 3 is 2.71 bits per heavy atom. The molecule has 1 amide bonds. The summed E-state index contributed by atoms with van der Waals surface area (Å²) >= 11 is 0. The fourth-order valence-electron chi connectivity index (χ4n) is 2.69. The largest absolute Gasteiger partial charge is 0.383 e. The third-order valence-electron chi connectivity index (χ3n) is 4.23. The standard InChI is InChI=1S/C21H23FN4O2/c1-15-8-9-17(12-18(15)22)26-14-19(16-6-4-3-5-7-16)24-21(26)25-20(27)13-23-10-11-28-2/h3-9,12,14,23H,10-11,13H2,1-2H3,(H,24,25,27). The minimum Gasteiger partial charge on any atom is -0.383 e. The van der Waals surface area contributed by atoms with Crippen molar-refractivity contribution in [1.29, 1.82) is 0 Å². The summed E-state index contributed by atoms with van der Waals surface area (Å²) in [6, 6.07) is 14.5. The zero-order valence-electron chi connectivity index (χ0n) is 15.9. The van der Waals surface area contributed by atoms with Crippen LogP contribution in [0, 0.1) is 12.7 Å². The van der Waals surface area contributed by atoms with Gasteiger partial charge in [-0.05, 0) is 24.6 Å². The number of rotatable bonds is 8. The number of anilines is 1. The Labute approximate surface area is 163 Å². The first kappa shape index (κ1) is 19.7. The van der Waals surface area contributed by atoms with Gasteiger partial charge in [0.1, 0.15) is 5.82 Å². The van der Waals surface area contributed by atoms with E-state index in [0.717, 1.165) is 5.56 Å². The summed E-state index contributed by atoms with van der Waals surface area (Å²) in [6.07, 6.45) is 1.79. The second kappa shape index (κ2) is 9.25. The summed E-state index contributed by atoms with van der Waals surface area (Å²) in [5.41, 5.74) is 2.73. The normalized spacial score (nSPS) is 10.8. The van der Waals surface area contributed by atoms with Crippen LogP contribution in [0.25, 0.3) is 16.9 Å². The Morgan fingerprint density at radius 2 is 2.00 bits per heavy atom. The van der Waals surface area contributed by atoms with Gasteiger partial charge in [0.25, 0.3) is 0 Å². The molecule has 0 unspecified atom stereocenters. The first-order valence-electron chi connectivity index (χ1n) is 8.99. The summed E-state index contributed by atoms with van der Waals surface area (Å²) in [6.45, 7) is 2.91. The Balaban J connectivity index is 1.89. The molecule has 2 N–H and O–H groups in total. The highest BCUT2D eigenvalue weighted by atomic mass is 19.1. The fourth-order valence-corrected chi connectivity index (χ4v) is 2.69. The maximum atomic E-state index is 14.1. The SMILES string of the molecule is COCCNCC(=O)Nc1nc(-c2ccccc2)cn1-c1ccc(C)c(F)c1. The maximum Gasteiger partial charge on any atom is 0.240 e. The van der Waals surface area contributed by atoms with Gasteiger partial charge in [-0.3, -0.25) is 14.7 Å². The van der Waals surface area contributed by atoms with E-state index < -0.39 is 0 Å². The number of hydrogen-bond donors (Lipinski definition) is 2. The van der Waals surface area contributed by atoms with E-state index >= 15 is 0 Å². The molecule has 3 rings (SSSR count). The highest BCUT2D eigenvalue weighted by Gasteiger charge is 2.14. The molecule has 146 valence electrons. The summed E-state index contributed by atoms with van der Waals surface area (Å²) in [7, 11) is 1.60. The van der Waals surface area contributed by atoms with Crippen LogP contribution >= 0.6 is 0 Å². The van der Waals surface area contributed by atoms with Gasteiger partial charge in [-0.1, -0.05) is 36.4 Å². The topological polar surface area (TPSA) is 68.2 Å². The number of carbonyl (C=O) groups is 1. The zero-order chi connectivity index (χ0) is 19.9. The number of ether oxygens (including phenoxy) is 1. The Kier molecular flexibility index (Phi) is 6.52. The molecule has 0 atom stereocenters. The third-order valence-corrected chi connectivity index (χ3v) is 4.23. The summed E-state index contributed by atoms with van der Waals surface area (Å²) in [5.74, 6) is -0.221. The molecule has 7 heteroatoms. The van der Waals surface area contributed by atoms with Crippen LogP contribution in [-0.4, -0.2) is 42.3 Å². The lowest BCUT2D eigenvalue weighted by Gasteiger charge is -2.10. The number of hydrogen-bond acceptors (Lipinski definition) is 4. The number of carbonyl (C=O) groups excluding carboxylic acids is 1. The first-order valence-corrected chi connectivity index (χ1v) is 8.99. The number of aryl methyl sites for hydroxylation is 1. The van der Waals surface area contributed by atoms with Gasteiger partial charge < -0.3 is 10.1 Å². The highest BCUT2D eigenvalue weighted by Crippen LogP contribution is 2.25. The van der Waals surface area contributed by atoms with E-state index in [2.05, 4.69) is 15.6 Å². The Hall–Kier alpha value is -3.03. The molecular weight excluding hydrogens is 359 g/mol. The van der Waals surface area contributed by atoms with Gasteiger partial charge in [-0.15, -0.1) is 0 Å². The number of aromatic nitrogens is 2. The van der Waals surface area contributed by atoms with Crippen LogP contribution in [0.15, 0.2) is 54.7 Å². The molecule has 0 saturated carbocycles.